The third-order valence-corrected chi connectivity index (χ3v) is 4.05. The molecule has 2 N–H and O–H groups in total. The van der Waals surface area contributed by atoms with Gasteiger partial charge < -0.3 is 15.2 Å². The molecule has 0 unspecified atom stereocenters. The van der Waals surface area contributed by atoms with Crippen LogP contribution in [0.5, 0.6) is 0 Å². The van der Waals surface area contributed by atoms with Gasteiger partial charge in [0, 0.05) is 30.6 Å². The summed E-state index contributed by atoms with van der Waals surface area (Å²) in [6, 6.07) is 5.45. The molecule has 3 rings (SSSR count). The number of carboxylic acids is 1. The Morgan fingerprint density at radius 2 is 2.08 bits per heavy atom. The van der Waals surface area contributed by atoms with E-state index in [1.807, 2.05) is 32.9 Å². The van der Waals surface area contributed by atoms with Gasteiger partial charge in [0.05, 0.1) is 11.9 Å². The molecule has 0 radical (unpaired) electrons. The van der Waals surface area contributed by atoms with E-state index in [2.05, 4.69) is 5.32 Å². The fourth-order valence-electron chi connectivity index (χ4n) is 3.25. The molecule has 0 aliphatic carbocycles. The van der Waals surface area contributed by atoms with Crippen LogP contribution in [0.25, 0.3) is 10.9 Å². The summed E-state index contributed by atoms with van der Waals surface area (Å²) < 4.78 is 7.18. The number of carbonyl (C=O) groups is 2. The number of benzene rings is 1. The normalized spacial score (nSPS) is 14.5. The van der Waals surface area contributed by atoms with Crippen molar-refractivity contribution in [3.8, 4) is 0 Å². The van der Waals surface area contributed by atoms with Gasteiger partial charge in [0.2, 0.25) is 0 Å². The number of ether oxygens (including phenoxy) is 1. The lowest BCUT2D eigenvalue weighted by Gasteiger charge is -2.22. The number of nitrogens with zero attached hydrogens (tertiary/aromatic N) is 1. The second-order valence-electron chi connectivity index (χ2n) is 7.05. The van der Waals surface area contributed by atoms with Gasteiger partial charge in [-0.25, -0.2) is 9.36 Å². The van der Waals surface area contributed by atoms with Gasteiger partial charge in [-0.1, -0.05) is 12.1 Å². The number of hydrogen-bond donors (Lipinski definition) is 2. The molecule has 6 heteroatoms. The Morgan fingerprint density at radius 3 is 2.75 bits per heavy atom. The third kappa shape index (κ3) is 3.01. The van der Waals surface area contributed by atoms with E-state index in [1.165, 1.54) is 0 Å². The molecule has 1 aliphatic rings. The lowest BCUT2D eigenvalue weighted by Crippen LogP contribution is -2.30. The fourth-order valence-corrected chi connectivity index (χ4v) is 3.25. The highest BCUT2D eigenvalue weighted by atomic mass is 16.6. The maximum atomic E-state index is 12.7. The van der Waals surface area contributed by atoms with E-state index in [-0.39, 0.29) is 6.42 Å². The van der Waals surface area contributed by atoms with Crippen molar-refractivity contribution in [3.63, 3.8) is 0 Å². The predicted octanol–water partition coefficient (Wildman–Crippen LogP) is 2.70. The van der Waals surface area contributed by atoms with Crippen molar-refractivity contribution in [2.24, 2.45) is 0 Å². The molecule has 0 bridgehead atoms. The Hall–Kier alpha value is -2.34. The number of aliphatic carboxylic acids is 1. The molecular formula is C18H22N2O4. The molecule has 128 valence electrons. The van der Waals surface area contributed by atoms with Gasteiger partial charge in [0.25, 0.3) is 0 Å². The average Bonchev–Trinajstić information content (AvgIpc) is 2.80. The number of aromatic nitrogens is 1. The molecule has 0 amide bonds. The monoisotopic (exact) mass is 330 g/mol. The Bertz CT molecular complexity index is 815. The van der Waals surface area contributed by atoms with Gasteiger partial charge in [-0.3, -0.25) is 4.79 Å². The molecule has 24 heavy (non-hydrogen) atoms. The zero-order chi connectivity index (χ0) is 17.5. The maximum absolute atomic E-state index is 12.7. The van der Waals surface area contributed by atoms with Crippen LogP contribution in [0.1, 0.15) is 37.6 Å². The summed E-state index contributed by atoms with van der Waals surface area (Å²) in [5.74, 6) is -0.884. The van der Waals surface area contributed by atoms with Crippen LogP contribution in [0.15, 0.2) is 18.2 Å². The SMILES string of the molecule is CC(C)(C)OC(=O)n1c2c(c3c(CC(=O)O)cccc31)CNCC2. The molecule has 1 aromatic heterocycles. The maximum Gasteiger partial charge on any atom is 0.419 e. The van der Waals surface area contributed by atoms with E-state index >= 15 is 0 Å². The Balaban J connectivity index is 2.22. The number of carboxylic acid groups (broad SMARTS) is 1. The van der Waals surface area contributed by atoms with Crippen LogP contribution in [-0.4, -0.2) is 33.9 Å². The van der Waals surface area contributed by atoms with Crippen LogP contribution in [0.2, 0.25) is 0 Å². The molecule has 6 nitrogen and oxygen atoms in total. The summed E-state index contributed by atoms with van der Waals surface area (Å²) in [6.45, 7) is 6.90. The molecule has 1 aromatic carbocycles. The Morgan fingerprint density at radius 1 is 1.33 bits per heavy atom. The van der Waals surface area contributed by atoms with E-state index in [0.717, 1.165) is 34.3 Å². The first kappa shape index (κ1) is 16.5. The highest BCUT2D eigenvalue weighted by Crippen LogP contribution is 2.32. The molecule has 1 aliphatic heterocycles. The number of hydrogen-bond acceptors (Lipinski definition) is 4. The van der Waals surface area contributed by atoms with Crippen molar-refractivity contribution >= 4 is 23.0 Å². The van der Waals surface area contributed by atoms with Crippen LogP contribution < -0.4 is 5.32 Å². The van der Waals surface area contributed by atoms with Crippen LogP contribution in [-0.2, 0) is 28.9 Å². The third-order valence-electron chi connectivity index (χ3n) is 4.05. The summed E-state index contributed by atoms with van der Waals surface area (Å²) >= 11 is 0. The fraction of sp³-hybridized carbons (Fsp3) is 0.444. The summed E-state index contributed by atoms with van der Waals surface area (Å²) in [5.41, 5.74) is 2.76. The molecule has 2 aromatic rings. The summed E-state index contributed by atoms with van der Waals surface area (Å²) in [5, 5.41) is 13.3. The lowest BCUT2D eigenvalue weighted by molar-refractivity contribution is -0.136. The van der Waals surface area contributed by atoms with Crippen molar-refractivity contribution in [2.75, 3.05) is 6.54 Å². The largest absolute Gasteiger partial charge is 0.481 e. The first-order chi connectivity index (χ1) is 11.3. The number of rotatable bonds is 2. The average molecular weight is 330 g/mol. The zero-order valence-electron chi connectivity index (χ0n) is 14.2. The number of nitrogens with one attached hydrogen (secondary N) is 1. The molecule has 0 saturated carbocycles. The van der Waals surface area contributed by atoms with Crippen LogP contribution in [0.3, 0.4) is 0 Å². The molecule has 0 fully saturated rings. The second kappa shape index (κ2) is 5.94. The smallest absolute Gasteiger partial charge is 0.419 e. The van der Waals surface area contributed by atoms with Crippen molar-refractivity contribution in [1.29, 1.82) is 0 Å². The van der Waals surface area contributed by atoms with E-state index < -0.39 is 17.7 Å². The van der Waals surface area contributed by atoms with E-state index in [9.17, 15) is 14.7 Å². The van der Waals surface area contributed by atoms with Crippen molar-refractivity contribution in [2.45, 2.75) is 45.8 Å². The minimum Gasteiger partial charge on any atom is -0.481 e. The first-order valence-corrected chi connectivity index (χ1v) is 8.08. The van der Waals surface area contributed by atoms with Crippen molar-refractivity contribution in [1.82, 2.24) is 9.88 Å². The Kier molecular flexibility index (Phi) is 4.09. The Labute approximate surface area is 140 Å². The lowest BCUT2D eigenvalue weighted by atomic mass is 10.00. The highest BCUT2D eigenvalue weighted by Gasteiger charge is 2.28. The standard InChI is InChI=1S/C18H22N2O4/c1-18(2,3)24-17(23)20-13-7-8-19-10-12(13)16-11(9-15(21)22)5-4-6-14(16)20/h4-6,19H,7-10H2,1-3H3,(H,21,22). The summed E-state index contributed by atoms with van der Waals surface area (Å²) in [7, 11) is 0. The van der Waals surface area contributed by atoms with Gasteiger partial charge in [-0.2, -0.15) is 0 Å². The number of fused-ring (bicyclic) bond motifs is 3. The van der Waals surface area contributed by atoms with Gasteiger partial charge in [0.1, 0.15) is 5.60 Å². The molecule has 2 heterocycles. The number of carbonyl (C=O) groups excluding carboxylic acids is 1. The summed E-state index contributed by atoms with van der Waals surface area (Å²) in [4.78, 5) is 23.9. The minimum atomic E-state index is -0.884. The van der Waals surface area contributed by atoms with Gasteiger partial charge in [0.15, 0.2) is 0 Å². The predicted molar refractivity (Wildman–Crippen MR) is 90.3 cm³/mol. The molecule has 0 saturated heterocycles. The van der Waals surface area contributed by atoms with Gasteiger partial charge >= 0.3 is 12.1 Å². The van der Waals surface area contributed by atoms with Gasteiger partial charge in [-0.15, -0.1) is 0 Å². The van der Waals surface area contributed by atoms with Crippen LogP contribution in [0, 0.1) is 0 Å². The van der Waals surface area contributed by atoms with E-state index in [4.69, 9.17) is 4.74 Å². The molecular weight excluding hydrogens is 308 g/mol. The topological polar surface area (TPSA) is 80.6 Å². The van der Waals surface area contributed by atoms with Gasteiger partial charge in [-0.05, 0) is 38.0 Å². The summed E-state index contributed by atoms with van der Waals surface area (Å²) in [6.07, 6.45) is 0.223. The zero-order valence-corrected chi connectivity index (χ0v) is 14.2. The van der Waals surface area contributed by atoms with Crippen molar-refractivity contribution in [3.05, 3.63) is 35.0 Å². The molecule has 0 spiro atoms. The first-order valence-electron chi connectivity index (χ1n) is 8.08. The second-order valence-corrected chi connectivity index (χ2v) is 7.05. The van der Waals surface area contributed by atoms with E-state index in [0.29, 0.717) is 13.0 Å². The van der Waals surface area contributed by atoms with Crippen LogP contribution in [0.4, 0.5) is 4.79 Å². The minimum absolute atomic E-state index is 0.0673. The quantitative estimate of drug-likeness (QED) is 0.885. The van der Waals surface area contributed by atoms with Crippen molar-refractivity contribution < 1.29 is 19.4 Å². The van der Waals surface area contributed by atoms with E-state index in [1.54, 1.807) is 10.6 Å². The molecule has 0 atom stereocenters. The van der Waals surface area contributed by atoms with Crippen LogP contribution >= 0.6 is 0 Å². The highest BCUT2D eigenvalue weighted by molar-refractivity contribution is 5.97.